The number of carbonyl (C=O) groups excluding carboxylic acids is 2. The van der Waals surface area contributed by atoms with Crippen LogP contribution >= 0.6 is 11.6 Å². The second-order valence-corrected chi connectivity index (χ2v) is 16.2. The van der Waals surface area contributed by atoms with Crippen LogP contribution < -0.4 is 0 Å². The average Bonchev–Trinajstić information content (AvgIpc) is 3.20. The highest BCUT2D eigenvalue weighted by Gasteiger charge is 2.41. The molecule has 1 aliphatic rings. The van der Waals surface area contributed by atoms with Crippen LogP contribution in [0.5, 0.6) is 0 Å². The van der Waals surface area contributed by atoms with Gasteiger partial charge in [0.25, 0.3) is 0 Å². The van der Waals surface area contributed by atoms with Crippen molar-refractivity contribution in [2.75, 3.05) is 33.9 Å². The van der Waals surface area contributed by atoms with Crippen LogP contribution in [0.3, 0.4) is 0 Å². The number of nitrogens with zero attached hydrogens (tertiary/aromatic N) is 2. The monoisotopic (exact) mass is 777 g/mol. The molecule has 1 amide bonds. The van der Waals surface area contributed by atoms with E-state index in [0.29, 0.717) is 37.7 Å². The van der Waals surface area contributed by atoms with Gasteiger partial charge in [-0.2, -0.15) is 0 Å². The van der Waals surface area contributed by atoms with E-state index in [2.05, 4.69) is 18.7 Å². The van der Waals surface area contributed by atoms with Crippen molar-refractivity contribution in [1.82, 2.24) is 9.80 Å². The molecular formula is C48H73ClN2O4. The lowest BCUT2D eigenvalue weighted by Crippen LogP contribution is -2.44. The molecule has 55 heavy (non-hydrogen) atoms. The van der Waals surface area contributed by atoms with Gasteiger partial charge in [0.15, 0.2) is 0 Å². The van der Waals surface area contributed by atoms with Crippen LogP contribution in [0.25, 0.3) is 0 Å². The lowest BCUT2D eigenvalue weighted by molar-refractivity contribution is -0.161. The van der Waals surface area contributed by atoms with E-state index in [4.69, 9.17) is 16.3 Å². The Kier molecular flexibility index (Phi) is 21.9. The van der Waals surface area contributed by atoms with Gasteiger partial charge < -0.3 is 14.7 Å². The molecule has 0 aromatic heterocycles. The van der Waals surface area contributed by atoms with Crippen LogP contribution in [-0.4, -0.2) is 60.7 Å². The Morgan fingerprint density at radius 2 is 1.20 bits per heavy atom. The van der Waals surface area contributed by atoms with Gasteiger partial charge in [0.05, 0.1) is 16.4 Å². The molecule has 0 unspecified atom stereocenters. The fraction of sp³-hybridized carbons (Fsp3) is 0.583. The maximum atomic E-state index is 12.9. The predicted molar refractivity (Wildman–Crippen MR) is 231 cm³/mol. The van der Waals surface area contributed by atoms with E-state index in [-0.39, 0.29) is 11.9 Å². The Morgan fingerprint density at radius 3 is 1.64 bits per heavy atom. The van der Waals surface area contributed by atoms with Crippen molar-refractivity contribution >= 4 is 23.5 Å². The summed E-state index contributed by atoms with van der Waals surface area (Å²) in [6, 6.07) is 27.5. The molecule has 4 rings (SSSR count). The zero-order chi connectivity index (χ0) is 40.7. The third-order valence-corrected chi connectivity index (χ3v) is 11.2. The van der Waals surface area contributed by atoms with Gasteiger partial charge in [-0.15, -0.1) is 0 Å². The Balaban J connectivity index is 0.000000404. The third kappa shape index (κ3) is 15.0. The van der Waals surface area contributed by atoms with Gasteiger partial charge in [0, 0.05) is 32.2 Å². The van der Waals surface area contributed by atoms with Crippen LogP contribution in [0.2, 0.25) is 5.02 Å². The van der Waals surface area contributed by atoms with E-state index >= 15 is 0 Å². The van der Waals surface area contributed by atoms with Crippen molar-refractivity contribution in [2.24, 2.45) is 5.41 Å². The molecule has 1 heterocycles. The Morgan fingerprint density at radius 1 is 0.745 bits per heavy atom. The molecule has 306 valence electrons. The summed E-state index contributed by atoms with van der Waals surface area (Å²) in [6.07, 6.45) is 15.9. The average molecular weight is 778 g/mol. The minimum Gasteiger partial charge on any atom is -0.449 e. The fourth-order valence-electron chi connectivity index (χ4n) is 7.40. The number of rotatable bonds is 19. The maximum Gasteiger partial charge on any atom is 0.312 e. The second kappa shape index (κ2) is 25.1. The first kappa shape index (κ1) is 48.0. The van der Waals surface area contributed by atoms with Gasteiger partial charge in [-0.3, -0.25) is 14.5 Å². The zero-order valence-electron chi connectivity index (χ0n) is 35.5. The highest BCUT2D eigenvalue weighted by Crippen LogP contribution is 2.37. The van der Waals surface area contributed by atoms with Crippen molar-refractivity contribution in [2.45, 2.75) is 142 Å². The standard InChI is InChI=1S/C28H46ClNO3.C18H21NO.C2H6/c1-4-5-6-7-8-9-10-11-12-13-18-27(2,3)26(31)33-23-30-21-19-28(32,20-22-30)24-14-16-25(29)17-15-24;1-4-18(17(20)19(2)3,15-11-7-5-8-12-15)16-13-9-6-10-14-16;1-2/h14-17,32H,4-13,18-23H2,1-3H3;5-14H,4H2,1-3H3;1-2H3. The molecule has 1 saturated heterocycles. The normalized spacial score (nSPS) is 14.1. The Bertz CT molecular complexity index is 1430. The van der Waals surface area contributed by atoms with Crippen LogP contribution in [0.1, 0.15) is 148 Å². The minimum absolute atomic E-state index is 0.114. The summed E-state index contributed by atoms with van der Waals surface area (Å²) in [7, 11) is 3.64. The smallest absolute Gasteiger partial charge is 0.312 e. The number of halogens is 1. The van der Waals surface area contributed by atoms with Gasteiger partial charge in [0.2, 0.25) is 5.91 Å². The van der Waals surface area contributed by atoms with E-state index in [1.165, 1.54) is 57.8 Å². The number of hydrogen-bond donors (Lipinski definition) is 1. The maximum absolute atomic E-state index is 12.9. The van der Waals surface area contributed by atoms with Crippen LogP contribution in [0.15, 0.2) is 84.9 Å². The molecule has 0 saturated carbocycles. The molecule has 0 radical (unpaired) electrons. The summed E-state index contributed by atoms with van der Waals surface area (Å²) in [5.74, 6) is 0.00867. The van der Waals surface area contributed by atoms with E-state index in [9.17, 15) is 14.7 Å². The summed E-state index contributed by atoms with van der Waals surface area (Å²) in [4.78, 5) is 29.4. The van der Waals surface area contributed by atoms with Crippen molar-refractivity contribution in [1.29, 1.82) is 0 Å². The molecule has 1 fully saturated rings. The number of piperidine rings is 1. The highest BCUT2D eigenvalue weighted by atomic mass is 35.5. The van der Waals surface area contributed by atoms with Gasteiger partial charge in [-0.25, -0.2) is 0 Å². The number of likely N-dealkylation sites (tertiary alicyclic amines) is 1. The van der Waals surface area contributed by atoms with Crippen molar-refractivity contribution < 1.29 is 19.4 Å². The first-order chi connectivity index (χ1) is 26.4. The van der Waals surface area contributed by atoms with Crippen LogP contribution in [0, 0.1) is 5.41 Å². The number of ether oxygens (including phenoxy) is 1. The highest BCUT2D eigenvalue weighted by molar-refractivity contribution is 6.30. The number of amides is 1. The van der Waals surface area contributed by atoms with Gasteiger partial charge in [-0.1, -0.05) is 176 Å². The summed E-state index contributed by atoms with van der Waals surface area (Å²) >= 11 is 5.97. The molecule has 0 bridgehead atoms. The molecule has 0 aliphatic carbocycles. The van der Waals surface area contributed by atoms with Gasteiger partial charge >= 0.3 is 5.97 Å². The van der Waals surface area contributed by atoms with Gasteiger partial charge in [0.1, 0.15) is 6.73 Å². The lowest BCUT2D eigenvalue weighted by Gasteiger charge is -2.38. The molecule has 1 N–H and O–H groups in total. The second-order valence-electron chi connectivity index (χ2n) is 15.7. The third-order valence-electron chi connectivity index (χ3n) is 11.0. The largest absolute Gasteiger partial charge is 0.449 e. The number of unbranched alkanes of at least 4 members (excludes halogenated alkanes) is 9. The number of aliphatic hydroxyl groups is 1. The summed E-state index contributed by atoms with van der Waals surface area (Å²) in [5.41, 5.74) is 1.12. The predicted octanol–water partition coefficient (Wildman–Crippen LogP) is 12.0. The molecule has 3 aromatic rings. The quantitative estimate of drug-likeness (QED) is 0.0970. The van der Waals surface area contributed by atoms with Crippen molar-refractivity contribution in [3.8, 4) is 0 Å². The SMILES string of the molecule is CC.CCC(C(=O)N(C)C)(c1ccccc1)c1ccccc1.CCCCCCCCCCCCC(C)(C)C(=O)OCN1CCC(O)(c2ccc(Cl)cc2)CC1. The van der Waals surface area contributed by atoms with E-state index in [1.807, 2.05) is 127 Å². The van der Waals surface area contributed by atoms with Crippen LogP contribution in [0.4, 0.5) is 0 Å². The van der Waals surface area contributed by atoms with Gasteiger partial charge in [-0.05, 0) is 68.4 Å². The first-order valence-corrected chi connectivity index (χ1v) is 21.5. The molecular weight excluding hydrogens is 704 g/mol. The number of esters is 1. The van der Waals surface area contributed by atoms with E-state index < -0.39 is 16.4 Å². The molecule has 0 spiro atoms. The Hall–Kier alpha value is -3.19. The van der Waals surface area contributed by atoms with E-state index in [1.54, 1.807) is 4.90 Å². The molecule has 7 heteroatoms. The molecule has 1 aliphatic heterocycles. The minimum atomic E-state index is -0.833. The zero-order valence-corrected chi connectivity index (χ0v) is 36.3. The lowest BCUT2D eigenvalue weighted by atomic mass is 9.71. The Labute approximate surface area is 340 Å². The number of carbonyl (C=O) groups is 2. The molecule has 0 atom stereocenters. The number of likely N-dealkylation sites (N-methyl/N-ethyl adjacent to an activating group) is 1. The summed E-state index contributed by atoms with van der Waals surface area (Å²) in [5, 5.41) is 11.7. The van der Waals surface area contributed by atoms with E-state index in [0.717, 1.165) is 36.0 Å². The molecule has 6 nitrogen and oxygen atoms in total. The van der Waals surface area contributed by atoms with Crippen LogP contribution in [-0.2, 0) is 25.3 Å². The summed E-state index contributed by atoms with van der Waals surface area (Å²) < 4.78 is 5.67. The molecule has 3 aromatic carbocycles. The first-order valence-electron chi connectivity index (χ1n) is 21.1. The summed E-state index contributed by atoms with van der Waals surface area (Å²) in [6.45, 7) is 14.0. The fourth-order valence-corrected chi connectivity index (χ4v) is 7.53. The van der Waals surface area contributed by atoms with Crippen molar-refractivity contribution in [3.63, 3.8) is 0 Å². The van der Waals surface area contributed by atoms with Crippen molar-refractivity contribution in [3.05, 3.63) is 107 Å². The number of hydrogen-bond acceptors (Lipinski definition) is 5. The number of benzene rings is 3. The topological polar surface area (TPSA) is 70.1 Å².